The van der Waals surface area contributed by atoms with E-state index >= 15 is 0 Å². The summed E-state index contributed by atoms with van der Waals surface area (Å²) in [6.45, 7) is 1.35. The van der Waals surface area contributed by atoms with Gasteiger partial charge in [0.25, 0.3) is 5.56 Å². The van der Waals surface area contributed by atoms with Crippen molar-refractivity contribution >= 4 is 27.0 Å². The Hall–Kier alpha value is -2.26. The van der Waals surface area contributed by atoms with Crippen LogP contribution in [0.5, 0.6) is 0 Å². The van der Waals surface area contributed by atoms with Gasteiger partial charge < -0.3 is 9.88 Å². The zero-order valence-electron chi connectivity index (χ0n) is 13.9. The van der Waals surface area contributed by atoms with Crippen LogP contribution in [0.2, 0.25) is 0 Å². The van der Waals surface area contributed by atoms with Gasteiger partial charge >= 0.3 is 0 Å². The van der Waals surface area contributed by atoms with Gasteiger partial charge in [-0.25, -0.2) is 13.4 Å². The summed E-state index contributed by atoms with van der Waals surface area (Å²) in [5, 5.41) is 0. The number of nitrogens with one attached hydrogen (secondary N) is 1. The van der Waals surface area contributed by atoms with E-state index in [0.29, 0.717) is 42.9 Å². The Morgan fingerprint density at radius 1 is 1.20 bits per heavy atom. The average molecular weight is 364 g/mol. The number of carbonyl (C=O) groups excluding carboxylic acids is 1. The number of aromatic nitrogens is 2. The van der Waals surface area contributed by atoms with E-state index in [1.807, 2.05) is 12.1 Å². The molecule has 1 amide bonds. The molecule has 1 N–H and O–H groups in total. The molecule has 0 aliphatic carbocycles. The monoisotopic (exact) mass is 364 g/mol. The molecule has 9 heteroatoms. The van der Waals surface area contributed by atoms with E-state index < -0.39 is 10.0 Å². The topological polar surface area (TPSA) is 103 Å². The number of H-pyrrole nitrogens is 1. The van der Waals surface area contributed by atoms with Crippen molar-refractivity contribution in [3.05, 3.63) is 40.3 Å². The third-order valence-corrected chi connectivity index (χ3v) is 5.61. The number of piperazine rings is 1. The summed E-state index contributed by atoms with van der Waals surface area (Å²) in [6, 6.07) is 7.24. The van der Waals surface area contributed by atoms with Crippen LogP contribution in [0.15, 0.2) is 29.1 Å². The normalized spacial score (nSPS) is 16.3. The van der Waals surface area contributed by atoms with E-state index in [4.69, 9.17) is 0 Å². The molecule has 1 aromatic heterocycles. The molecule has 1 saturated heterocycles. The van der Waals surface area contributed by atoms with Gasteiger partial charge in [-0.15, -0.1) is 0 Å². The van der Waals surface area contributed by atoms with Crippen molar-refractivity contribution in [2.45, 2.75) is 12.8 Å². The first-order valence-electron chi connectivity index (χ1n) is 8.05. The zero-order valence-corrected chi connectivity index (χ0v) is 14.8. The van der Waals surface area contributed by atoms with Crippen LogP contribution in [0.3, 0.4) is 0 Å². The summed E-state index contributed by atoms with van der Waals surface area (Å²) < 4.78 is 24.4. The first-order valence-corrected chi connectivity index (χ1v) is 9.90. The number of nitrogens with zero attached hydrogens (tertiary/aromatic N) is 3. The molecule has 134 valence electrons. The summed E-state index contributed by atoms with van der Waals surface area (Å²) in [4.78, 5) is 33.1. The predicted octanol–water partition coefficient (Wildman–Crippen LogP) is -0.0405. The first kappa shape index (κ1) is 17.6. The van der Waals surface area contributed by atoms with Crippen molar-refractivity contribution in [1.29, 1.82) is 0 Å². The maximum atomic E-state index is 12.3. The lowest BCUT2D eigenvalue weighted by molar-refractivity contribution is -0.132. The second-order valence-corrected chi connectivity index (χ2v) is 8.06. The minimum absolute atomic E-state index is 0.0949. The van der Waals surface area contributed by atoms with E-state index in [0.717, 1.165) is 0 Å². The van der Waals surface area contributed by atoms with Crippen LogP contribution in [-0.4, -0.2) is 65.9 Å². The zero-order chi connectivity index (χ0) is 18.0. The lowest BCUT2D eigenvalue weighted by Crippen LogP contribution is -2.50. The highest BCUT2D eigenvalue weighted by Crippen LogP contribution is 2.10. The quantitative estimate of drug-likeness (QED) is 0.820. The van der Waals surface area contributed by atoms with Gasteiger partial charge in [-0.3, -0.25) is 9.59 Å². The Kier molecular flexibility index (Phi) is 4.87. The number of fused-ring (bicyclic) bond motifs is 1. The summed E-state index contributed by atoms with van der Waals surface area (Å²) in [5.74, 6) is -0.0949. The molecule has 2 aromatic rings. The van der Waals surface area contributed by atoms with Crippen molar-refractivity contribution < 1.29 is 13.2 Å². The maximum Gasteiger partial charge on any atom is 0.270 e. The molecule has 0 saturated carbocycles. The van der Waals surface area contributed by atoms with Crippen LogP contribution in [0, 0.1) is 0 Å². The Morgan fingerprint density at radius 3 is 2.56 bits per heavy atom. The minimum Gasteiger partial charge on any atom is -0.340 e. The number of benzene rings is 1. The van der Waals surface area contributed by atoms with Crippen molar-refractivity contribution in [2.75, 3.05) is 32.4 Å². The Bertz CT molecular complexity index is 946. The largest absolute Gasteiger partial charge is 0.340 e. The van der Waals surface area contributed by atoms with Gasteiger partial charge in [-0.1, -0.05) is 12.1 Å². The third kappa shape index (κ3) is 4.05. The molecule has 0 atom stereocenters. The van der Waals surface area contributed by atoms with E-state index in [1.165, 1.54) is 10.6 Å². The average Bonchev–Trinajstić information content (AvgIpc) is 2.59. The van der Waals surface area contributed by atoms with E-state index in [1.54, 1.807) is 17.0 Å². The van der Waals surface area contributed by atoms with Gasteiger partial charge in [0.15, 0.2) is 0 Å². The number of hydrogen-bond donors (Lipinski definition) is 1. The standard InChI is InChI=1S/C16H20N4O4S/c1-25(23,24)20-10-8-19(9-11-20)15(21)7-6-14-16(22)18-13-5-3-2-4-12(13)17-14/h2-5H,6-11H2,1H3,(H,18,22). The molecule has 0 bridgehead atoms. The molecule has 3 rings (SSSR count). The fraction of sp³-hybridized carbons (Fsp3) is 0.438. The van der Waals surface area contributed by atoms with Crippen LogP contribution >= 0.6 is 0 Å². The van der Waals surface area contributed by atoms with Crippen LogP contribution in [0.1, 0.15) is 12.1 Å². The van der Waals surface area contributed by atoms with Gasteiger partial charge in [-0.2, -0.15) is 4.31 Å². The molecule has 0 spiro atoms. The number of carbonyl (C=O) groups is 1. The van der Waals surface area contributed by atoms with E-state index in [-0.39, 0.29) is 24.3 Å². The Morgan fingerprint density at radius 2 is 1.88 bits per heavy atom. The van der Waals surface area contributed by atoms with Crippen molar-refractivity contribution in [2.24, 2.45) is 0 Å². The molecule has 1 aromatic carbocycles. The fourth-order valence-corrected chi connectivity index (χ4v) is 3.72. The lowest BCUT2D eigenvalue weighted by atomic mass is 10.2. The Labute approximate surface area is 145 Å². The lowest BCUT2D eigenvalue weighted by Gasteiger charge is -2.33. The number of rotatable bonds is 4. The molecule has 2 heterocycles. The van der Waals surface area contributed by atoms with Gasteiger partial charge in [0.05, 0.1) is 17.3 Å². The van der Waals surface area contributed by atoms with Crippen LogP contribution in [0.25, 0.3) is 11.0 Å². The number of aromatic amines is 1. The maximum absolute atomic E-state index is 12.3. The predicted molar refractivity (Wildman–Crippen MR) is 93.7 cm³/mol. The van der Waals surface area contributed by atoms with Crippen molar-refractivity contribution in [1.82, 2.24) is 19.2 Å². The highest BCUT2D eigenvalue weighted by Gasteiger charge is 2.25. The van der Waals surface area contributed by atoms with Crippen LogP contribution < -0.4 is 5.56 Å². The van der Waals surface area contributed by atoms with Crippen molar-refractivity contribution in [3.8, 4) is 0 Å². The summed E-state index contributed by atoms with van der Waals surface area (Å²) in [5.41, 5.74) is 1.40. The Balaban J connectivity index is 1.62. The highest BCUT2D eigenvalue weighted by atomic mass is 32.2. The van der Waals surface area contributed by atoms with Gasteiger partial charge in [0, 0.05) is 39.0 Å². The molecule has 1 aliphatic rings. The fourth-order valence-electron chi connectivity index (χ4n) is 2.89. The molecule has 25 heavy (non-hydrogen) atoms. The number of amides is 1. The molecular formula is C16H20N4O4S. The molecular weight excluding hydrogens is 344 g/mol. The third-order valence-electron chi connectivity index (χ3n) is 4.31. The van der Waals surface area contributed by atoms with Crippen LogP contribution in [0.4, 0.5) is 0 Å². The summed E-state index contributed by atoms with van der Waals surface area (Å²) >= 11 is 0. The van der Waals surface area contributed by atoms with E-state index in [9.17, 15) is 18.0 Å². The number of aryl methyl sites for hydroxylation is 1. The van der Waals surface area contributed by atoms with E-state index in [2.05, 4.69) is 9.97 Å². The smallest absolute Gasteiger partial charge is 0.270 e. The van der Waals surface area contributed by atoms with Gasteiger partial charge in [-0.05, 0) is 12.1 Å². The SMILES string of the molecule is CS(=O)(=O)N1CCN(C(=O)CCc2nc3ccccc3[nH]c2=O)CC1. The molecule has 8 nitrogen and oxygen atoms in total. The highest BCUT2D eigenvalue weighted by molar-refractivity contribution is 7.88. The van der Waals surface area contributed by atoms with Gasteiger partial charge in [0.2, 0.25) is 15.9 Å². The number of hydrogen-bond acceptors (Lipinski definition) is 5. The van der Waals surface area contributed by atoms with Gasteiger partial charge in [0.1, 0.15) is 5.69 Å². The first-order chi connectivity index (χ1) is 11.8. The summed E-state index contributed by atoms with van der Waals surface area (Å²) in [6.07, 6.45) is 1.60. The summed E-state index contributed by atoms with van der Waals surface area (Å²) in [7, 11) is -3.22. The second-order valence-electron chi connectivity index (χ2n) is 6.07. The minimum atomic E-state index is -3.22. The molecule has 1 aliphatic heterocycles. The number of para-hydroxylation sites is 2. The van der Waals surface area contributed by atoms with Crippen LogP contribution in [-0.2, 0) is 21.2 Å². The number of sulfonamides is 1. The molecule has 0 radical (unpaired) electrons. The second kappa shape index (κ2) is 6.93. The molecule has 0 unspecified atom stereocenters. The molecule has 1 fully saturated rings. The van der Waals surface area contributed by atoms with Crippen molar-refractivity contribution in [3.63, 3.8) is 0 Å².